The molecular formula is C14H29N3. The predicted octanol–water partition coefficient (Wildman–Crippen LogP) is 1.53. The standard InChI is InChI=1S/C14H29N3/c1-16(2)11-12-6-8-17(9-7-12)14-5-3-4-13(15)10-14/h12-14H,3-11,15H2,1-2H3. The fourth-order valence-corrected chi connectivity index (χ4v) is 3.55. The highest BCUT2D eigenvalue weighted by molar-refractivity contribution is 4.85. The average Bonchev–Trinajstić information content (AvgIpc) is 2.29. The number of rotatable bonds is 3. The lowest BCUT2D eigenvalue weighted by Gasteiger charge is -2.41. The van der Waals surface area contributed by atoms with Gasteiger partial charge in [-0.25, -0.2) is 0 Å². The van der Waals surface area contributed by atoms with E-state index in [0.717, 1.165) is 12.0 Å². The van der Waals surface area contributed by atoms with E-state index in [-0.39, 0.29) is 0 Å². The number of hydrogen-bond donors (Lipinski definition) is 1. The van der Waals surface area contributed by atoms with Crippen LogP contribution in [0.4, 0.5) is 0 Å². The normalized spacial score (nSPS) is 33.2. The van der Waals surface area contributed by atoms with E-state index in [4.69, 9.17) is 5.73 Å². The average molecular weight is 239 g/mol. The molecule has 0 bridgehead atoms. The van der Waals surface area contributed by atoms with Crippen LogP contribution in [0.5, 0.6) is 0 Å². The first-order valence-corrected chi connectivity index (χ1v) is 7.29. The van der Waals surface area contributed by atoms with Gasteiger partial charge in [0.2, 0.25) is 0 Å². The first-order chi connectivity index (χ1) is 8.15. The molecule has 2 fully saturated rings. The minimum absolute atomic E-state index is 0.466. The maximum absolute atomic E-state index is 6.09. The van der Waals surface area contributed by atoms with Gasteiger partial charge in [0.15, 0.2) is 0 Å². The smallest absolute Gasteiger partial charge is 0.0110 e. The lowest BCUT2D eigenvalue weighted by molar-refractivity contribution is 0.0933. The molecule has 0 amide bonds. The molecule has 1 aliphatic heterocycles. The van der Waals surface area contributed by atoms with Gasteiger partial charge in [0.1, 0.15) is 0 Å². The second-order valence-corrected chi connectivity index (χ2v) is 6.32. The maximum atomic E-state index is 6.09. The van der Waals surface area contributed by atoms with Crippen LogP contribution in [0.15, 0.2) is 0 Å². The van der Waals surface area contributed by atoms with Crippen LogP contribution in [0.2, 0.25) is 0 Å². The Labute approximate surface area is 106 Å². The zero-order chi connectivity index (χ0) is 12.3. The number of hydrogen-bond acceptors (Lipinski definition) is 3. The van der Waals surface area contributed by atoms with E-state index in [2.05, 4.69) is 23.9 Å². The summed E-state index contributed by atoms with van der Waals surface area (Å²) in [7, 11) is 4.37. The van der Waals surface area contributed by atoms with E-state index >= 15 is 0 Å². The highest BCUT2D eigenvalue weighted by Gasteiger charge is 2.28. The molecule has 17 heavy (non-hydrogen) atoms. The molecule has 1 saturated heterocycles. The largest absolute Gasteiger partial charge is 0.328 e. The molecule has 0 aromatic rings. The van der Waals surface area contributed by atoms with Gasteiger partial charge in [0.05, 0.1) is 0 Å². The van der Waals surface area contributed by atoms with Crippen molar-refractivity contribution in [3.05, 3.63) is 0 Å². The Kier molecular flexibility index (Phi) is 4.83. The molecule has 0 spiro atoms. The molecule has 3 nitrogen and oxygen atoms in total. The fourth-order valence-electron chi connectivity index (χ4n) is 3.55. The van der Waals surface area contributed by atoms with Gasteiger partial charge in [-0.1, -0.05) is 6.42 Å². The molecule has 0 aromatic heterocycles. The third-order valence-electron chi connectivity index (χ3n) is 4.48. The second kappa shape index (κ2) is 6.17. The van der Waals surface area contributed by atoms with Gasteiger partial charge in [-0.3, -0.25) is 0 Å². The number of likely N-dealkylation sites (tertiary alicyclic amines) is 1. The molecule has 0 aromatic carbocycles. The summed E-state index contributed by atoms with van der Waals surface area (Å²) in [5.41, 5.74) is 6.09. The van der Waals surface area contributed by atoms with Crippen molar-refractivity contribution >= 4 is 0 Å². The van der Waals surface area contributed by atoms with Gasteiger partial charge in [0, 0.05) is 18.6 Å². The summed E-state index contributed by atoms with van der Waals surface area (Å²) in [5.74, 6) is 0.915. The molecule has 2 N–H and O–H groups in total. The van der Waals surface area contributed by atoms with Crippen LogP contribution in [0.3, 0.4) is 0 Å². The zero-order valence-electron chi connectivity index (χ0n) is 11.6. The number of nitrogens with two attached hydrogens (primary N) is 1. The van der Waals surface area contributed by atoms with Gasteiger partial charge in [0.25, 0.3) is 0 Å². The molecule has 2 aliphatic rings. The molecule has 1 saturated carbocycles. The van der Waals surface area contributed by atoms with E-state index in [9.17, 15) is 0 Å². The fraction of sp³-hybridized carbons (Fsp3) is 1.00. The summed E-state index contributed by atoms with van der Waals surface area (Å²) >= 11 is 0. The van der Waals surface area contributed by atoms with Gasteiger partial charge in [-0.15, -0.1) is 0 Å². The second-order valence-electron chi connectivity index (χ2n) is 6.32. The van der Waals surface area contributed by atoms with E-state index in [1.165, 1.54) is 58.2 Å². The maximum Gasteiger partial charge on any atom is 0.0110 e. The summed E-state index contributed by atoms with van der Waals surface area (Å²) in [6, 6.07) is 1.26. The molecule has 0 radical (unpaired) electrons. The van der Waals surface area contributed by atoms with Crippen LogP contribution in [-0.4, -0.2) is 55.6 Å². The minimum Gasteiger partial charge on any atom is -0.328 e. The van der Waals surface area contributed by atoms with Crippen molar-refractivity contribution in [3.8, 4) is 0 Å². The van der Waals surface area contributed by atoms with Crippen LogP contribution >= 0.6 is 0 Å². The first-order valence-electron chi connectivity index (χ1n) is 7.29. The molecule has 3 heteroatoms. The molecule has 2 atom stereocenters. The number of piperidine rings is 1. The lowest BCUT2D eigenvalue weighted by Crippen LogP contribution is -2.47. The van der Waals surface area contributed by atoms with Crippen LogP contribution in [-0.2, 0) is 0 Å². The molecule has 2 rings (SSSR count). The molecule has 1 aliphatic carbocycles. The monoisotopic (exact) mass is 239 g/mol. The van der Waals surface area contributed by atoms with E-state index < -0.39 is 0 Å². The van der Waals surface area contributed by atoms with Crippen LogP contribution in [0.1, 0.15) is 38.5 Å². The summed E-state index contributed by atoms with van der Waals surface area (Å²) in [5, 5.41) is 0. The van der Waals surface area contributed by atoms with E-state index in [1.807, 2.05) is 0 Å². The third-order valence-corrected chi connectivity index (χ3v) is 4.48. The highest BCUT2D eigenvalue weighted by Crippen LogP contribution is 2.26. The Hall–Kier alpha value is -0.120. The predicted molar refractivity (Wildman–Crippen MR) is 73.1 cm³/mol. The summed E-state index contributed by atoms with van der Waals surface area (Å²) < 4.78 is 0. The highest BCUT2D eigenvalue weighted by atomic mass is 15.2. The van der Waals surface area contributed by atoms with Gasteiger partial charge in [-0.2, -0.15) is 0 Å². The quantitative estimate of drug-likeness (QED) is 0.811. The van der Waals surface area contributed by atoms with Gasteiger partial charge in [-0.05, 0) is 65.2 Å². The van der Waals surface area contributed by atoms with Crippen molar-refractivity contribution < 1.29 is 0 Å². The summed E-state index contributed by atoms with van der Waals surface area (Å²) in [6.07, 6.45) is 7.95. The van der Waals surface area contributed by atoms with Gasteiger partial charge >= 0.3 is 0 Å². The van der Waals surface area contributed by atoms with Crippen molar-refractivity contribution in [1.29, 1.82) is 0 Å². The lowest BCUT2D eigenvalue weighted by atomic mass is 9.88. The zero-order valence-corrected chi connectivity index (χ0v) is 11.6. The van der Waals surface area contributed by atoms with E-state index in [1.54, 1.807) is 0 Å². The SMILES string of the molecule is CN(C)CC1CCN(C2CCCC(N)C2)CC1. The van der Waals surface area contributed by atoms with Crippen LogP contribution < -0.4 is 5.73 Å². The molecular weight excluding hydrogens is 210 g/mol. The molecule has 100 valence electrons. The Morgan fingerprint density at radius 1 is 1.12 bits per heavy atom. The van der Waals surface area contributed by atoms with Crippen LogP contribution in [0, 0.1) is 5.92 Å². The Bertz CT molecular complexity index is 222. The first kappa shape index (κ1) is 13.3. The van der Waals surface area contributed by atoms with Gasteiger partial charge < -0.3 is 15.5 Å². The molecule has 1 heterocycles. The molecule has 2 unspecified atom stereocenters. The van der Waals surface area contributed by atoms with E-state index in [0.29, 0.717) is 6.04 Å². The Morgan fingerprint density at radius 2 is 1.82 bits per heavy atom. The van der Waals surface area contributed by atoms with Crippen molar-refractivity contribution in [2.75, 3.05) is 33.7 Å². The Balaban J connectivity index is 1.74. The van der Waals surface area contributed by atoms with Crippen LogP contribution in [0.25, 0.3) is 0 Å². The minimum atomic E-state index is 0.466. The number of nitrogens with zero attached hydrogens (tertiary/aromatic N) is 2. The van der Waals surface area contributed by atoms with Crippen molar-refractivity contribution in [2.45, 2.75) is 50.6 Å². The third kappa shape index (κ3) is 3.94. The van der Waals surface area contributed by atoms with Crippen molar-refractivity contribution in [2.24, 2.45) is 11.7 Å². The Morgan fingerprint density at radius 3 is 2.41 bits per heavy atom. The summed E-state index contributed by atoms with van der Waals surface area (Å²) in [6.45, 7) is 3.86. The van der Waals surface area contributed by atoms with Crippen molar-refractivity contribution in [1.82, 2.24) is 9.80 Å². The summed E-state index contributed by atoms with van der Waals surface area (Å²) in [4.78, 5) is 5.04. The topological polar surface area (TPSA) is 32.5 Å². The van der Waals surface area contributed by atoms with Crippen molar-refractivity contribution in [3.63, 3.8) is 0 Å².